The van der Waals surface area contributed by atoms with Gasteiger partial charge < -0.3 is 5.32 Å². The van der Waals surface area contributed by atoms with Gasteiger partial charge in [-0.15, -0.1) is 0 Å². The highest BCUT2D eigenvalue weighted by Crippen LogP contribution is 2.55. The van der Waals surface area contributed by atoms with Crippen LogP contribution in [0.1, 0.15) is 41.0 Å². The minimum Gasteiger partial charge on any atom is -0.337 e. The highest BCUT2D eigenvalue weighted by Gasteiger charge is 2.42. The van der Waals surface area contributed by atoms with Crippen LogP contribution in [-0.2, 0) is 4.79 Å². The van der Waals surface area contributed by atoms with Crippen molar-refractivity contribution in [2.75, 3.05) is 6.54 Å². The van der Waals surface area contributed by atoms with Gasteiger partial charge in [-0.05, 0) is 42.0 Å². The van der Waals surface area contributed by atoms with E-state index in [1.54, 1.807) is 16.9 Å². The van der Waals surface area contributed by atoms with Crippen LogP contribution in [0.4, 0.5) is 4.79 Å². The number of pyridine rings is 1. The summed E-state index contributed by atoms with van der Waals surface area (Å²) in [5, 5.41) is 10.7. The van der Waals surface area contributed by atoms with Gasteiger partial charge in [-0.25, -0.2) is 14.3 Å². The zero-order chi connectivity index (χ0) is 20.2. The summed E-state index contributed by atoms with van der Waals surface area (Å²) >= 11 is 0. The van der Waals surface area contributed by atoms with Gasteiger partial charge >= 0.3 is 6.03 Å². The predicted molar refractivity (Wildman–Crippen MR) is 109 cm³/mol. The van der Waals surface area contributed by atoms with Crippen LogP contribution in [0.2, 0.25) is 0 Å². The van der Waals surface area contributed by atoms with Crippen LogP contribution >= 0.6 is 0 Å². The molecule has 1 unspecified atom stereocenters. The summed E-state index contributed by atoms with van der Waals surface area (Å²) < 4.78 is 1.73. The van der Waals surface area contributed by atoms with Gasteiger partial charge in [-0.2, -0.15) is 5.10 Å². The first kappa shape index (κ1) is 17.1. The normalized spacial score (nSPS) is 23.4. The molecule has 2 fully saturated rings. The van der Waals surface area contributed by atoms with Gasteiger partial charge in [0.2, 0.25) is 5.91 Å². The number of carbonyl (C=O) groups excluding carboxylic acids is 2. The summed E-state index contributed by atoms with van der Waals surface area (Å²) in [4.78, 5) is 32.7. The smallest absolute Gasteiger partial charge is 0.321 e. The number of fused-ring (bicyclic) bond motifs is 2. The molecule has 30 heavy (non-hydrogen) atoms. The zero-order valence-electron chi connectivity index (χ0n) is 15.9. The number of imide groups is 1. The van der Waals surface area contributed by atoms with Crippen molar-refractivity contribution in [3.05, 3.63) is 71.8 Å². The van der Waals surface area contributed by atoms with E-state index in [9.17, 15) is 9.59 Å². The van der Waals surface area contributed by atoms with Crippen molar-refractivity contribution >= 4 is 28.5 Å². The molecule has 6 rings (SSSR count). The third kappa shape index (κ3) is 2.72. The molecule has 4 aromatic rings. The Morgan fingerprint density at radius 3 is 2.87 bits per heavy atom. The lowest BCUT2D eigenvalue weighted by molar-refractivity contribution is -0.122. The van der Waals surface area contributed by atoms with Crippen molar-refractivity contribution < 1.29 is 9.59 Å². The molecule has 3 atom stereocenters. The standard InChI is InChI=1S/C22H18N6O2/c29-21-17(11-25-22(30)26-21)19-10-16(20-24-6-7-28(20)27-19)15-9-14(15)13-4-3-12-2-1-5-23-18(12)8-13/h1-8,10,14-15,17H,9,11H2,(H2,25,26,29,30)/t14-,15+,17?/m1/s1. The van der Waals surface area contributed by atoms with Crippen LogP contribution in [0.25, 0.3) is 16.6 Å². The second-order valence-corrected chi connectivity index (χ2v) is 7.88. The van der Waals surface area contributed by atoms with Crippen molar-refractivity contribution in [3.8, 4) is 0 Å². The summed E-state index contributed by atoms with van der Waals surface area (Å²) in [6, 6.07) is 12.0. The molecule has 148 valence electrons. The van der Waals surface area contributed by atoms with E-state index in [0.29, 0.717) is 17.5 Å². The van der Waals surface area contributed by atoms with Crippen LogP contribution in [0.5, 0.6) is 0 Å². The molecule has 1 saturated heterocycles. The molecule has 1 aromatic carbocycles. The molecular weight excluding hydrogens is 380 g/mol. The largest absolute Gasteiger partial charge is 0.337 e. The van der Waals surface area contributed by atoms with Crippen molar-refractivity contribution in [2.24, 2.45) is 0 Å². The van der Waals surface area contributed by atoms with Crippen molar-refractivity contribution in [2.45, 2.75) is 24.2 Å². The monoisotopic (exact) mass is 398 g/mol. The maximum atomic E-state index is 12.3. The molecule has 3 amide bonds. The Bertz CT molecular complexity index is 1330. The second-order valence-electron chi connectivity index (χ2n) is 7.88. The minimum absolute atomic E-state index is 0.238. The fraction of sp³-hybridized carbons (Fsp3) is 0.227. The number of rotatable bonds is 3. The molecular formula is C22H18N6O2. The Labute approximate surface area is 171 Å². The summed E-state index contributed by atoms with van der Waals surface area (Å²) in [5.41, 5.74) is 4.79. The average Bonchev–Trinajstić information content (AvgIpc) is 3.41. The highest BCUT2D eigenvalue weighted by molar-refractivity contribution is 6.00. The Kier molecular flexibility index (Phi) is 3.61. The van der Waals surface area contributed by atoms with E-state index in [2.05, 4.69) is 50.0 Å². The van der Waals surface area contributed by atoms with Gasteiger partial charge in [-0.3, -0.25) is 15.1 Å². The quantitative estimate of drug-likeness (QED) is 0.552. The summed E-state index contributed by atoms with van der Waals surface area (Å²) in [7, 11) is 0. The number of imidazole rings is 1. The number of hydrogen-bond donors (Lipinski definition) is 2. The van der Waals surface area contributed by atoms with E-state index in [0.717, 1.165) is 28.5 Å². The number of nitrogens with one attached hydrogen (secondary N) is 2. The number of benzene rings is 1. The maximum absolute atomic E-state index is 12.3. The predicted octanol–water partition coefficient (Wildman–Crippen LogP) is 2.47. The fourth-order valence-corrected chi connectivity index (χ4v) is 4.40. The first-order chi connectivity index (χ1) is 14.7. The molecule has 1 aliphatic heterocycles. The fourth-order valence-electron chi connectivity index (χ4n) is 4.40. The Morgan fingerprint density at radius 2 is 1.97 bits per heavy atom. The van der Waals surface area contributed by atoms with E-state index in [1.807, 2.05) is 18.3 Å². The maximum Gasteiger partial charge on any atom is 0.321 e. The van der Waals surface area contributed by atoms with Crippen molar-refractivity contribution in [3.63, 3.8) is 0 Å². The molecule has 3 aromatic heterocycles. The minimum atomic E-state index is -0.518. The first-order valence-corrected chi connectivity index (χ1v) is 9.95. The summed E-state index contributed by atoms with van der Waals surface area (Å²) in [6.07, 6.45) is 6.33. The van der Waals surface area contributed by atoms with Gasteiger partial charge in [0.05, 0.1) is 17.1 Å². The van der Waals surface area contributed by atoms with E-state index in [-0.39, 0.29) is 12.5 Å². The molecule has 0 bridgehead atoms. The number of nitrogens with zero attached hydrogens (tertiary/aromatic N) is 4. The molecule has 0 spiro atoms. The molecule has 4 heterocycles. The second kappa shape index (κ2) is 6.35. The van der Waals surface area contributed by atoms with Crippen LogP contribution < -0.4 is 10.6 Å². The van der Waals surface area contributed by atoms with Crippen LogP contribution in [0.3, 0.4) is 0 Å². The number of hydrogen-bond acceptors (Lipinski definition) is 5. The van der Waals surface area contributed by atoms with E-state index < -0.39 is 11.9 Å². The van der Waals surface area contributed by atoms with E-state index >= 15 is 0 Å². The number of urea groups is 1. The average molecular weight is 398 g/mol. The molecule has 1 aliphatic carbocycles. The Morgan fingerprint density at radius 1 is 1.03 bits per heavy atom. The lowest BCUT2D eigenvalue weighted by Crippen LogP contribution is -2.51. The molecule has 8 nitrogen and oxygen atoms in total. The summed E-state index contributed by atoms with van der Waals surface area (Å²) in [6.45, 7) is 0.238. The van der Waals surface area contributed by atoms with E-state index in [4.69, 9.17) is 0 Å². The highest BCUT2D eigenvalue weighted by atomic mass is 16.2. The van der Waals surface area contributed by atoms with Gasteiger partial charge in [-0.1, -0.05) is 18.2 Å². The number of amides is 3. The molecule has 0 radical (unpaired) electrons. The number of aromatic nitrogens is 4. The molecule has 1 saturated carbocycles. The van der Waals surface area contributed by atoms with Gasteiger partial charge in [0.1, 0.15) is 0 Å². The van der Waals surface area contributed by atoms with Gasteiger partial charge in [0, 0.05) is 36.1 Å². The topological polar surface area (TPSA) is 101 Å². The first-order valence-electron chi connectivity index (χ1n) is 9.95. The Balaban J connectivity index is 1.37. The zero-order valence-corrected chi connectivity index (χ0v) is 15.9. The van der Waals surface area contributed by atoms with Crippen LogP contribution in [0, 0.1) is 0 Å². The Hall–Kier alpha value is -3.81. The third-order valence-electron chi connectivity index (χ3n) is 6.03. The third-order valence-corrected chi connectivity index (χ3v) is 6.03. The summed E-state index contributed by atoms with van der Waals surface area (Å²) in [5.74, 6) is -0.161. The van der Waals surface area contributed by atoms with Gasteiger partial charge in [0.15, 0.2) is 5.65 Å². The SMILES string of the molecule is O=C1NCC(c2cc([C@H]3C[C@@H]3c3ccc4cccnc4c3)c3nccn3n2)C(=O)N1. The van der Waals surface area contributed by atoms with Crippen molar-refractivity contribution in [1.82, 2.24) is 30.2 Å². The van der Waals surface area contributed by atoms with Crippen LogP contribution in [-0.4, -0.2) is 38.1 Å². The molecule has 8 heteroatoms. The lowest BCUT2D eigenvalue weighted by Gasteiger charge is -2.22. The van der Waals surface area contributed by atoms with E-state index in [1.165, 1.54) is 5.56 Å². The molecule has 2 N–H and O–H groups in total. The van der Waals surface area contributed by atoms with Crippen LogP contribution in [0.15, 0.2) is 55.0 Å². The lowest BCUT2D eigenvalue weighted by atomic mass is 9.98. The number of carbonyl (C=O) groups is 2. The molecule has 2 aliphatic rings. The van der Waals surface area contributed by atoms with Crippen molar-refractivity contribution in [1.29, 1.82) is 0 Å². The van der Waals surface area contributed by atoms with Gasteiger partial charge in [0.25, 0.3) is 0 Å².